The van der Waals surface area contributed by atoms with Crippen molar-refractivity contribution in [3.05, 3.63) is 0 Å². The number of carboxylic acid groups (broad SMARTS) is 1. The molecule has 19 heavy (non-hydrogen) atoms. The molecular weight excluding hydrogens is 264 g/mol. The molecule has 1 unspecified atom stereocenters. The third kappa shape index (κ3) is 3.55. The minimum absolute atomic E-state index is 0.0251. The van der Waals surface area contributed by atoms with Gasteiger partial charge in [-0.05, 0) is 26.7 Å². The zero-order valence-corrected chi connectivity index (χ0v) is 12.4. The van der Waals surface area contributed by atoms with Gasteiger partial charge in [0, 0.05) is 36.2 Å². The number of carbonyl (C=O) groups is 2. The first-order valence-corrected chi connectivity index (χ1v) is 7.79. The predicted octanol–water partition coefficient (Wildman–Crippen LogP) is 1.87. The van der Waals surface area contributed by atoms with E-state index in [2.05, 4.69) is 13.8 Å². The van der Waals surface area contributed by atoms with Gasteiger partial charge >= 0.3 is 12.0 Å². The average molecular weight is 286 g/mol. The Morgan fingerprint density at radius 3 is 2.74 bits per heavy atom. The molecule has 0 bridgehead atoms. The third-order valence-corrected chi connectivity index (χ3v) is 5.03. The summed E-state index contributed by atoms with van der Waals surface area (Å²) in [7, 11) is 0. The number of nitrogens with zero attached hydrogens (tertiary/aromatic N) is 2. The van der Waals surface area contributed by atoms with E-state index in [1.807, 2.05) is 16.7 Å². The van der Waals surface area contributed by atoms with Crippen molar-refractivity contribution in [2.75, 3.05) is 25.4 Å². The Kier molecular flexibility index (Phi) is 4.28. The number of amides is 2. The van der Waals surface area contributed by atoms with Crippen molar-refractivity contribution in [1.82, 2.24) is 9.80 Å². The summed E-state index contributed by atoms with van der Waals surface area (Å²) in [4.78, 5) is 27.0. The van der Waals surface area contributed by atoms with E-state index in [4.69, 9.17) is 5.11 Å². The molecule has 2 amide bonds. The normalized spacial score (nSPS) is 26.5. The van der Waals surface area contributed by atoms with Crippen molar-refractivity contribution >= 4 is 23.8 Å². The molecule has 2 fully saturated rings. The highest BCUT2D eigenvalue weighted by molar-refractivity contribution is 8.00. The van der Waals surface area contributed by atoms with E-state index in [0.29, 0.717) is 6.54 Å². The summed E-state index contributed by atoms with van der Waals surface area (Å²) in [6, 6.07) is -0.0974. The molecule has 0 aromatic rings. The summed E-state index contributed by atoms with van der Waals surface area (Å²) in [5, 5.41) is 8.91. The van der Waals surface area contributed by atoms with Crippen LogP contribution in [0.2, 0.25) is 0 Å². The van der Waals surface area contributed by atoms with Crippen LogP contribution in [0.1, 0.15) is 33.1 Å². The summed E-state index contributed by atoms with van der Waals surface area (Å²) < 4.78 is 0.0932. The number of urea groups is 1. The van der Waals surface area contributed by atoms with E-state index >= 15 is 0 Å². The van der Waals surface area contributed by atoms with E-state index in [0.717, 1.165) is 31.7 Å². The van der Waals surface area contributed by atoms with Gasteiger partial charge in [0.2, 0.25) is 0 Å². The van der Waals surface area contributed by atoms with Gasteiger partial charge in [0.25, 0.3) is 0 Å². The molecule has 0 radical (unpaired) electrons. The molecule has 0 aromatic carbocycles. The van der Waals surface area contributed by atoms with Gasteiger partial charge in [-0.2, -0.15) is 11.8 Å². The molecule has 6 heteroatoms. The highest BCUT2D eigenvalue weighted by Crippen LogP contribution is 2.31. The number of rotatable bonds is 2. The molecule has 1 N–H and O–H groups in total. The maximum Gasteiger partial charge on any atom is 0.320 e. The van der Waals surface area contributed by atoms with E-state index in [1.54, 1.807) is 4.90 Å². The highest BCUT2D eigenvalue weighted by Gasteiger charge is 2.36. The van der Waals surface area contributed by atoms with Crippen molar-refractivity contribution in [3.63, 3.8) is 0 Å². The lowest BCUT2D eigenvalue weighted by Crippen LogP contribution is -2.52. The number of aliphatic carboxylic acids is 1. The topological polar surface area (TPSA) is 60.9 Å². The molecule has 108 valence electrons. The molecule has 2 aliphatic rings. The van der Waals surface area contributed by atoms with Crippen LogP contribution >= 0.6 is 11.8 Å². The van der Waals surface area contributed by atoms with Gasteiger partial charge in [-0.25, -0.2) is 4.79 Å². The summed E-state index contributed by atoms with van der Waals surface area (Å²) >= 11 is 1.89. The quantitative estimate of drug-likeness (QED) is 0.842. The van der Waals surface area contributed by atoms with Gasteiger partial charge in [0.15, 0.2) is 0 Å². The highest BCUT2D eigenvalue weighted by atomic mass is 32.2. The number of carbonyl (C=O) groups excluding carboxylic acids is 1. The van der Waals surface area contributed by atoms with Crippen LogP contribution in [0.15, 0.2) is 0 Å². The number of hydrogen-bond donors (Lipinski definition) is 1. The van der Waals surface area contributed by atoms with Crippen LogP contribution in [0, 0.1) is 0 Å². The van der Waals surface area contributed by atoms with Crippen LogP contribution in [0.3, 0.4) is 0 Å². The largest absolute Gasteiger partial charge is 0.481 e. The van der Waals surface area contributed by atoms with Crippen LogP contribution in [0.25, 0.3) is 0 Å². The van der Waals surface area contributed by atoms with Crippen LogP contribution < -0.4 is 0 Å². The fourth-order valence-corrected chi connectivity index (χ4v) is 3.97. The van der Waals surface area contributed by atoms with Crippen LogP contribution in [-0.4, -0.2) is 63.1 Å². The Labute approximate surface area is 118 Å². The number of thioether (sulfide) groups is 1. The number of hydrogen-bond acceptors (Lipinski definition) is 3. The van der Waals surface area contributed by atoms with Crippen LogP contribution in [0.5, 0.6) is 0 Å². The lowest BCUT2D eigenvalue weighted by Gasteiger charge is -2.40. The Morgan fingerprint density at radius 2 is 2.11 bits per heavy atom. The van der Waals surface area contributed by atoms with Gasteiger partial charge in [-0.3, -0.25) is 4.79 Å². The Balaban J connectivity index is 2.00. The second-order valence-electron chi connectivity index (χ2n) is 5.90. The minimum atomic E-state index is -0.820. The summed E-state index contributed by atoms with van der Waals surface area (Å²) in [5.74, 6) is 0.134. The zero-order valence-electron chi connectivity index (χ0n) is 11.6. The molecule has 2 aliphatic heterocycles. The van der Waals surface area contributed by atoms with Crippen LogP contribution in [0.4, 0.5) is 4.79 Å². The van der Waals surface area contributed by atoms with Gasteiger partial charge < -0.3 is 14.9 Å². The number of carboxylic acids is 1. The Hall–Kier alpha value is -0.910. The van der Waals surface area contributed by atoms with Gasteiger partial charge in [0.05, 0.1) is 6.42 Å². The molecular formula is C13H22N2O3S. The molecule has 0 spiro atoms. The molecule has 2 rings (SSSR count). The maximum atomic E-state index is 12.5. The third-order valence-electron chi connectivity index (χ3n) is 3.73. The van der Waals surface area contributed by atoms with Crippen molar-refractivity contribution < 1.29 is 14.7 Å². The smallest absolute Gasteiger partial charge is 0.320 e. The maximum absolute atomic E-state index is 12.5. The summed E-state index contributed by atoms with van der Waals surface area (Å²) in [5.41, 5.74) is 0. The molecule has 2 heterocycles. The van der Waals surface area contributed by atoms with E-state index in [-0.39, 0.29) is 23.2 Å². The van der Waals surface area contributed by atoms with Crippen molar-refractivity contribution in [1.29, 1.82) is 0 Å². The fraction of sp³-hybridized carbons (Fsp3) is 0.846. The monoisotopic (exact) mass is 286 g/mol. The fourth-order valence-electron chi connectivity index (χ4n) is 2.86. The van der Waals surface area contributed by atoms with Crippen LogP contribution in [-0.2, 0) is 4.79 Å². The van der Waals surface area contributed by atoms with Gasteiger partial charge in [-0.15, -0.1) is 0 Å². The van der Waals surface area contributed by atoms with Gasteiger partial charge in [0.1, 0.15) is 0 Å². The van der Waals surface area contributed by atoms with E-state index in [1.165, 1.54) is 0 Å². The lowest BCUT2D eigenvalue weighted by molar-refractivity contribution is -0.138. The van der Waals surface area contributed by atoms with Gasteiger partial charge in [-0.1, -0.05) is 0 Å². The average Bonchev–Trinajstić information content (AvgIpc) is 2.74. The second kappa shape index (κ2) is 5.61. The lowest BCUT2D eigenvalue weighted by atomic mass is 10.1. The second-order valence-corrected chi connectivity index (χ2v) is 7.70. The molecule has 0 aromatic heterocycles. The number of likely N-dealkylation sites (tertiary alicyclic amines) is 1. The molecule has 0 saturated carbocycles. The van der Waals surface area contributed by atoms with E-state index in [9.17, 15) is 9.59 Å². The standard InChI is InChI=1S/C13H22N2O3S/c1-13(2)9-14(6-7-19-13)12(18)15-5-3-4-10(15)8-11(16)17/h10H,3-9H2,1-2H3,(H,16,17). The SMILES string of the molecule is CC1(C)CN(C(=O)N2CCCC2CC(=O)O)CCS1. The summed E-state index contributed by atoms with van der Waals surface area (Å²) in [6.07, 6.45) is 1.79. The minimum Gasteiger partial charge on any atom is -0.481 e. The molecule has 5 nitrogen and oxygen atoms in total. The molecule has 0 aliphatic carbocycles. The van der Waals surface area contributed by atoms with Crippen molar-refractivity contribution in [3.8, 4) is 0 Å². The Bertz CT molecular complexity index is 373. The first kappa shape index (κ1) is 14.5. The Morgan fingerprint density at radius 1 is 1.37 bits per heavy atom. The predicted molar refractivity (Wildman–Crippen MR) is 75.5 cm³/mol. The van der Waals surface area contributed by atoms with Crippen molar-refractivity contribution in [2.45, 2.75) is 43.9 Å². The van der Waals surface area contributed by atoms with E-state index < -0.39 is 5.97 Å². The summed E-state index contributed by atoms with van der Waals surface area (Å²) in [6.45, 7) is 6.50. The zero-order chi connectivity index (χ0) is 14.0. The first-order chi connectivity index (χ1) is 8.89. The van der Waals surface area contributed by atoms with Crippen molar-refractivity contribution in [2.24, 2.45) is 0 Å². The molecule has 1 atom stereocenters. The molecule has 2 saturated heterocycles. The first-order valence-electron chi connectivity index (χ1n) is 6.80.